The number of benzene rings is 7. The fourth-order valence-corrected chi connectivity index (χ4v) is 7.93. The molecule has 0 fully saturated rings. The molecule has 1 aliphatic rings. The molecule has 1 aliphatic heterocycles. The second-order valence-corrected chi connectivity index (χ2v) is 13.0. The summed E-state index contributed by atoms with van der Waals surface area (Å²) in [7, 11) is 0. The van der Waals surface area contributed by atoms with Crippen LogP contribution in [0.25, 0.3) is 71.6 Å². The van der Waals surface area contributed by atoms with Gasteiger partial charge in [-0.3, -0.25) is 4.57 Å². The Morgan fingerprint density at radius 3 is 1.78 bits per heavy atom. The number of hydrogen-bond donors (Lipinski definition) is 0. The van der Waals surface area contributed by atoms with Crippen LogP contribution < -0.4 is 0 Å². The summed E-state index contributed by atoms with van der Waals surface area (Å²) in [5.74, 6) is 1.11. The Hall–Kier alpha value is -5.47. The molecular weight excluding hydrogens is 556 g/mol. The van der Waals surface area contributed by atoms with Crippen LogP contribution in [0.5, 0.6) is 0 Å². The third-order valence-corrected chi connectivity index (χ3v) is 10.1. The monoisotopic (exact) mass is 590 g/mol. The first-order valence-corrected chi connectivity index (χ1v) is 16.3. The Morgan fingerprint density at radius 2 is 1.11 bits per heavy atom. The second-order valence-electron chi connectivity index (χ2n) is 13.0. The summed E-state index contributed by atoms with van der Waals surface area (Å²) < 4.78 is 2.40. The van der Waals surface area contributed by atoms with Gasteiger partial charge in [0.2, 0.25) is 0 Å². The summed E-state index contributed by atoms with van der Waals surface area (Å²) in [6.45, 7) is 6.92. The molecule has 0 unspecified atom stereocenters. The normalized spacial score (nSPS) is 13.4. The maximum atomic E-state index is 5.24. The SMILES string of the molecule is CCc1nc2cc(-c3ccc4c(-c5ccccc5)c5ccccc5c(-c5ccccc5)c4c3)cc3c2n1-c1ccccc1C3(C)C. The van der Waals surface area contributed by atoms with Crippen LogP contribution in [0.2, 0.25) is 0 Å². The van der Waals surface area contributed by atoms with E-state index >= 15 is 0 Å². The summed E-state index contributed by atoms with van der Waals surface area (Å²) in [6.07, 6.45) is 0.879. The van der Waals surface area contributed by atoms with E-state index in [1.165, 1.54) is 77.3 Å². The van der Waals surface area contributed by atoms with Gasteiger partial charge in [-0.15, -0.1) is 0 Å². The highest BCUT2D eigenvalue weighted by Gasteiger charge is 2.35. The first-order valence-electron chi connectivity index (χ1n) is 16.3. The minimum Gasteiger partial charge on any atom is -0.296 e. The van der Waals surface area contributed by atoms with Crippen LogP contribution in [0, 0.1) is 0 Å². The molecule has 1 aromatic heterocycles. The predicted octanol–water partition coefficient (Wildman–Crippen LogP) is 11.5. The Bertz CT molecular complexity index is 2470. The highest BCUT2D eigenvalue weighted by Crippen LogP contribution is 2.48. The fourth-order valence-electron chi connectivity index (χ4n) is 7.93. The molecule has 0 saturated heterocycles. The van der Waals surface area contributed by atoms with Crippen molar-refractivity contribution in [3.63, 3.8) is 0 Å². The summed E-state index contributed by atoms with van der Waals surface area (Å²) >= 11 is 0. The van der Waals surface area contributed by atoms with E-state index in [1.54, 1.807) is 0 Å². The van der Waals surface area contributed by atoms with E-state index in [2.05, 4.69) is 165 Å². The molecule has 0 saturated carbocycles. The van der Waals surface area contributed by atoms with Crippen LogP contribution in [0.1, 0.15) is 37.7 Å². The Kier molecular flexibility index (Phi) is 5.86. The Morgan fingerprint density at radius 1 is 0.522 bits per heavy atom. The Labute approximate surface area is 269 Å². The van der Waals surface area contributed by atoms with Crippen molar-refractivity contribution in [2.24, 2.45) is 0 Å². The van der Waals surface area contributed by atoms with Crippen molar-refractivity contribution < 1.29 is 0 Å². The molecule has 46 heavy (non-hydrogen) atoms. The van der Waals surface area contributed by atoms with Crippen LogP contribution in [0.15, 0.2) is 140 Å². The van der Waals surface area contributed by atoms with Crippen molar-refractivity contribution in [3.05, 3.63) is 156 Å². The quantitative estimate of drug-likeness (QED) is 0.186. The first kappa shape index (κ1) is 26.9. The van der Waals surface area contributed by atoms with Crippen molar-refractivity contribution in [2.45, 2.75) is 32.6 Å². The number of hydrogen-bond acceptors (Lipinski definition) is 1. The summed E-state index contributed by atoms with van der Waals surface area (Å²) in [6, 6.07) is 51.3. The smallest absolute Gasteiger partial charge is 0.114 e. The molecule has 8 aromatic rings. The molecule has 220 valence electrons. The van der Waals surface area contributed by atoms with Gasteiger partial charge in [0.1, 0.15) is 5.82 Å². The number of imidazole rings is 1. The molecule has 0 atom stereocenters. The zero-order chi connectivity index (χ0) is 31.0. The fraction of sp³-hybridized carbons (Fsp3) is 0.114. The molecule has 0 bridgehead atoms. The summed E-state index contributed by atoms with van der Waals surface area (Å²) in [5.41, 5.74) is 13.5. The number of fused-ring (bicyclic) bond motifs is 4. The maximum absolute atomic E-state index is 5.24. The molecule has 0 spiro atoms. The van der Waals surface area contributed by atoms with Gasteiger partial charge < -0.3 is 0 Å². The number of nitrogens with zero attached hydrogens (tertiary/aromatic N) is 2. The molecule has 7 aromatic carbocycles. The van der Waals surface area contributed by atoms with Crippen LogP contribution in [-0.2, 0) is 11.8 Å². The highest BCUT2D eigenvalue weighted by atomic mass is 15.1. The van der Waals surface area contributed by atoms with Gasteiger partial charge in [0.05, 0.1) is 16.7 Å². The minimum atomic E-state index is -0.158. The summed E-state index contributed by atoms with van der Waals surface area (Å²) in [4.78, 5) is 5.24. The van der Waals surface area contributed by atoms with Crippen molar-refractivity contribution in [1.29, 1.82) is 0 Å². The van der Waals surface area contributed by atoms with Crippen LogP contribution >= 0.6 is 0 Å². The molecule has 9 rings (SSSR count). The van der Waals surface area contributed by atoms with E-state index in [1.807, 2.05) is 0 Å². The number of aryl methyl sites for hydroxylation is 1. The van der Waals surface area contributed by atoms with Gasteiger partial charge in [0, 0.05) is 11.8 Å². The van der Waals surface area contributed by atoms with E-state index in [0.717, 1.165) is 17.8 Å². The van der Waals surface area contributed by atoms with Crippen molar-refractivity contribution in [3.8, 4) is 39.1 Å². The van der Waals surface area contributed by atoms with Gasteiger partial charge in [-0.25, -0.2) is 4.98 Å². The second kappa shape index (κ2) is 10.0. The largest absolute Gasteiger partial charge is 0.296 e. The van der Waals surface area contributed by atoms with Gasteiger partial charge in [0.25, 0.3) is 0 Å². The Balaban J connectivity index is 1.37. The lowest BCUT2D eigenvalue weighted by atomic mass is 9.74. The molecule has 2 heteroatoms. The van der Waals surface area contributed by atoms with Gasteiger partial charge in [-0.2, -0.15) is 0 Å². The standard InChI is InChI=1S/C44H34N2/c1-4-40-45-38-27-31(26-37-43(38)46(40)39-22-14-13-21-36(39)44(37,2)3)30-23-24-34-35(25-30)42(29-17-9-6-10-18-29)33-20-12-11-19-32(33)41(34)28-15-7-5-8-16-28/h5-27H,4H2,1-3H3. The van der Waals surface area contributed by atoms with Gasteiger partial charge >= 0.3 is 0 Å². The number of para-hydroxylation sites is 1. The van der Waals surface area contributed by atoms with Gasteiger partial charge in [0.15, 0.2) is 0 Å². The molecule has 2 nitrogen and oxygen atoms in total. The van der Waals surface area contributed by atoms with Crippen molar-refractivity contribution in [2.75, 3.05) is 0 Å². The molecule has 0 aliphatic carbocycles. The lowest BCUT2D eigenvalue weighted by Gasteiger charge is -2.34. The molecule has 2 heterocycles. The molecule has 0 N–H and O–H groups in total. The topological polar surface area (TPSA) is 17.8 Å². The molecule has 0 radical (unpaired) electrons. The van der Waals surface area contributed by atoms with Crippen LogP contribution in [-0.4, -0.2) is 9.55 Å². The average Bonchev–Trinajstić information content (AvgIpc) is 3.49. The lowest BCUT2D eigenvalue weighted by Crippen LogP contribution is -2.26. The molecular formula is C44H34N2. The predicted molar refractivity (Wildman–Crippen MR) is 194 cm³/mol. The third-order valence-electron chi connectivity index (χ3n) is 10.1. The van der Waals surface area contributed by atoms with Crippen molar-refractivity contribution in [1.82, 2.24) is 9.55 Å². The average molecular weight is 591 g/mol. The number of rotatable bonds is 4. The zero-order valence-corrected chi connectivity index (χ0v) is 26.4. The van der Waals surface area contributed by atoms with Crippen molar-refractivity contribution >= 4 is 32.6 Å². The van der Waals surface area contributed by atoms with Crippen LogP contribution in [0.3, 0.4) is 0 Å². The van der Waals surface area contributed by atoms with E-state index in [4.69, 9.17) is 4.98 Å². The highest BCUT2D eigenvalue weighted by molar-refractivity contribution is 6.22. The van der Waals surface area contributed by atoms with E-state index in [9.17, 15) is 0 Å². The van der Waals surface area contributed by atoms with E-state index < -0.39 is 0 Å². The maximum Gasteiger partial charge on any atom is 0.114 e. The van der Waals surface area contributed by atoms with Gasteiger partial charge in [-0.05, 0) is 90.3 Å². The van der Waals surface area contributed by atoms with Gasteiger partial charge in [-0.1, -0.05) is 136 Å². The zero-order valence-electron chi connectivity index (χ0n) is 26.4. The first-order chi connectivity index (χ1) is 22.5. The minimum absolute atomic E-state index is 0.158. The number of aromatic nitrogens is 2. The van der Waals surface area contributed by atoms with E-state index in [-0.39, 0.29) is 5.41 Å². The van der Waals surface area contributed by atoms with Crippen LogP contribution in [0.4, 0.5) is 0 Å². The molecule has 0 amide bonds. The lowest BCUT2D eigenvalue weighted by molar-refractivity contribution is 0.625. The third kappa shape index (κ3) is 3.80. The summed E-state index contributed by atoms with van der Waals surface area (Å²) in [5, 5.41) is 5.07. The van der Waals surface area contributed by atoms with E-state index in [0.29, 0.717) is 0 Å².